The molecule has 4 rings (SSSR count). The molecule has 6 heteroatoms. The van der Waals surface area contributed by atoms with Crippen molar-refractivity contribution < 1.29 is 0 Å². The van der Waals surface area contributed by atoms with Crippen LogP contribution in [0.2, 0.25) is 0 Å². The molecular weight excluding hydrogens is 312 g/mol. The largest absolute Gasteiger partial charge is 0.308 e. The molecule has 124 valence electrons. The Labute approximate surface area is 145 Å². The SMILES string of the molecule is c1cnc(-n2cccn2)c(CNCc2ccc(-n3cccn3)cc2)c1. The van der Waals surface area contributed by atoms with Gasteiger partial charge in [0.15, 0.2) is 5.82 Å². The average molecular weight is 330 g/mol. The van der Waals surface area contributed by atoms with E-state index < -0.39 is 0 Å². The van der Waals surface area contributed by atoms with Gasteiger partial charge in [-0.15, -0.1) is 0 Å². The van der Waals surface area contributed by atoms with Crippen LogP contribution in [-0.2, 0) is 13.1 Å². The minimum absolute atomic E-state index is 0.726. The Morgan fingerprint density at radius 2 is 1.52 bits per heavy atom. The summed E-state index contributed by atoms with van der Waals surface area (Å²) in [5.41, 5.74) is 3.39. The van der Waals surface area contributed by atoms with Gasteiger partial charge in [0.05, 0.1) is 5.69 Å². The van der Waals surface area contributed by atoms with Crippen molar-refractivity contribution >= 4 is 0 Å². The maximum atomic E-state index is 4.44. The monoisotopic (exact) mass is 330 g/mol. The number of nitrogens with zero attached hydrogens (tertiary/aromatic N) is 5. The second kappa shape index (κ2) is 7.11. The number of rotatable bonds is 6. The van der Waals surface area contributed by atoms with Gasteiger partial charge in [0.1, 0.15) is 0 Å². The lowest BCUT2D eigenvalue weighted by Gasteiger charge is -2.10. The van der Waals surface area contributed by atoms with Crippen LogP contribution in [0.15, 0.2) is 79.5 Å². The van der Waals surface area contributed by atoms with Crippen molar-refractivity contribution in [1.82, 2.24) is 29.9 Å². The molecule has 0 amide bonds. The molecule has 6 nitrogen and oxygen atoms in total. The third-order valence-corrected chi connectivity index (χ3v) is 3.94. The molecule has 3 heterocycles. The molecule has 4 aromatic rings. The molecule has 0 fully saturated rings. The average Bonchev–Trinajstić information content (AvgIpc) is 3.37. The lowest BCUT2D eigenvalue weighted by atomic mass is 10.2. The van der Waals surface area contributed by atoms with Gasteiger partial charge in [-0.3, -0.25) is 0 Å². The number of hydrogen-bond acceptors (Lipinski definition) is 4. The summed E-state index contributed by atoms with van der Waals surface area (Å²) >= 11 is 0. The molecule has 3 aromatic heterocycles. The van der Waals surface area contributed by atoms with Gasteiger partial charge in [0, 0.05) is 49.6 Å². The highest BCUT2D eigenvalue weighted by Crippen LogP contribution is 2.11. The molecule has 0 aliphatic heterocycles. The van der Waals surface area contributed by atoms with Crippen LogP contribution < -0.4 is 5.32 Å². The number of nitrogens with one attached hydrogen (secondary N) is 1. The van der Waals surface area contributed by atoms with E-state index >= 15 is 0 Å². The van der Waals surface area contributed by atoms with Gasteiger partial charge in [-0.05, 0) is 35.9 Å². The Bertz CT molecular complexity index is 911. The van der Waals surface area contributed by atoms with Gasteiger partial charge >= 0.3 is 0 Å². The summed E-state index contributed by atoms with van der Waals surface area (Å²) < 4.78 is 3.64. The van der Waals surface area contributed by atoms with Gasteiger partial charge in [-0.2, -0.15) is 10.2 Å². The first-order valence-electron chi connectivity index (χ1n) is 8.14. The molecule has 1 aromatic carbocycles. The second-order valence-corrected chi connectivity index (χ2v) is 5.66. The number of hydrogen-bond donors (Lipinski definition) is 1. The minimum Gasteiger partial charge on any atom is -0.308 e. The predicted octanol–water partition coefficient (Wildman–Crippen LogP) is 2.74. The Balaban J connectivity index is 1.40. The van der Waals surface area contributed by atoms with Crippen molar-refractivity contribution in [2.24, 2.45) is 0 Å². The van der Waals surface area contributed by atoms with Crippen LogP contribution in [0, 0.1) is 0 Å². The van der Waals surface area contributed by atoms with Crippen molar-refractivity contribution in [3.63, 3.8) is 0 Å². The quantitative estimate of drug-likeness (QED) is 0.590. The zero-order valence-electron chi connectivity index (χ0n) is 13.7. The summed E-state index contributed by atoms with van der Waals surface area (Å²) in [6.45, 7) is 1.51. The highest BCUT2D eigenvalue weighted by atomic mass is 15.3. The molecular formula is C19H18N6. The normalized spacial score (nSPS) is 10.9. The Kier molecular flexibility index (Phi) is 4.35. The maximum absolute atomic E-state index is 4.44. The summed E-state index contributed by atoms with van der Waals surface area (Å²) in [5.74, 6) is 0.856. The molecule has 0 saturated heterocycles. The summed E-state index contributed by atoms with van der Waals surface area (Å²) in [5, 5.41) is 12.0. The molecule has 0 bridgehead atoms. The molecule has 0 atom stereocenters. The zero-order valence-corrected chi connectivity index (χ0v) is 13.7. The van der Waals surface area contributed by atoms with E-state index in [1.54, 1.807) is 23.3 Å². The lowest BCUT2D eigenvalue weighted by molar-refractivity contribution is 0.681. The molecule has 0 saturated carbocycles. The van der Waals surface area contributed by atoms with Crippen LogP contribution in [0.3, 0.4) is 0 Å². The smallest absolute Gasteiger partial charge is 0.157 e. The lowest BCUT2D eigenvalue weighted by Crippen LogP contribution is -2.15. The molecule has 25 heavy (non-hydrogen) atoms. The first-order valence-corrected chi connectivity index (χ1v) is 8.14. The maximum Gasteiger partial charge on any atom is 0.157 e. The van der Waals surface area contributed by atoms with Crippen LogP contribution in [0.4, 0.5) is 0 Å². The van der Waals surface area contributed by atoms with E-state index in [0.29, 0.717) is 0 Å². The van der Waals surface area contributed by atoms with E-state index in [9.17, 15) is 0 Å². The topological polar surface area (TPSA) is 60.6 Å². The van der Waals surface area contributed by atoms with Gasteiger partial charge in [-0.25, -0.2) is 14.3 Å². The summed E-state index contributed by atoms with van der Waals surface area (Å²) in [7, 11) is 0. The Morgan fingerprint density at radius 1 is 0.760 bits per heavy atom. The summed E-state index contributed by atoms with van der Waals surface area (Å²) in [6, 6.07) is 16.2. The van der Waals surface area contributed by atoms with Crippen molar-refractivity contribution in [1.29, 1.82) is 0 Å². The molecule has 0 spiro atoms. The first kappa shape index (κ1) is 15.3. The highest BCUT2D eigenvalue weighted by Gasteiger charge is 2.05. The first-order chi connectivity index (χ1) is 12.4. The van der Waals surface area contributed by atoms with Gasteiger partial charge in [0.25, 0.3) is 0 Å². The van der Waals surface area contributed by atoms with Crippen molar-refractivity contribution in [3.8, 4) is 11.5 Å². The van der Waals surface area contributed by atoms with E-state index in [1.165, 1.54) is 5.56 Å². The number of benzene rings is 1. The van der Waals surface area contributed by atoms with Crippen LogP contribution in [0.5, 0.6) is 0 Å². The predicted molar refractivity (Wildman–Crippen MR) is 95.5 cm³/mol. The molecule has 0 radical (unpaired) electrons. The van der Waals surface area contributed by atoms with Crippen LogP contribution in [-0.4, -0.2) is 24.5 Å². The fourth-order valence-electron chi connectivity index (χ4n) is 2.70. The van der Waals surface area contributed by atoms with Crippen LogP contribution in [0.1, 0.15) is 11.1 Å². The Morgan fingerprint density at radius 3 is 2.24 bits per heavy atom. The standard InChI is InChI=1S/C19H18N6/c1-4-17(19(21-9-1)25-13-3-11-23-25)15-20-14-16-5-7-18(8-6-16)24-12-2-10-22-24/h1-13,20H,14-15H2. The summed E-state index contributed by atoms with van der Waals surface area (Å²) in [4.78, 5) is 4.44. The fraction of sp³-hybridized carbons (Fsp3) is 0.105. The van der Waals surface area contributed by atoms with Crippen molar-refractivity contribution in [2.45, 2.75) is 13.1 Å². The van der Waals surface area contributed by atoms with Crippen molar-refractivity contribution in [2.75, 3.05) is 0 Å². The summed E-state index contributed by atoms with van der Waals surface area (Å²) in [6.07, 6.45) is 9.16. The number of aromatic nitrogens is 5. The van der Waals surface area contributed by atoms with E-state index in [4.69, 9.17) is 0 Å². The van der Waals surface area contributed by atoms with E-state index in [2.05, 4.69) is 50.8 Å². The molecule has 0 aliphatic carbocycles. The second-order valence-electron chi connectivity index (χ2n) is 5.66. The van der Waals surface area contributed by atoms with E-state index in [0.717, 1.165) is 30.2 Å². The molecule has 1 N–H and O–H groups in total. The van der Waals surface area contributed by atoms with Crippen molar-refractivity contribution in [3.05, 3.63) is 90.6 Å². The highest BCUT2D eigenvalue weighted by molar-refractivity contribution is 5.34. The zero-order chi connectivity index (χ0) is 16.9. The van der Waals surface area contributed by atoms with Gasteiger partial charge < -0.3 is 5.32 Å². The van der Waals surface area contributed by atoms with Gasteiger partial charge in [-0.1, -0.05) is 18.2 Å². The van der Waals surface area contributed by atoms with Crippen LogP contribution in [0.25, 0.3) is 11.5 Å². The molecule has 0 aliphatic rings. The fourth-order valence-corrected chi connectivity index (χ4v) is 2.70. The third kappa shape index (κ3) is 3.49. The third-order valence-electron chi connectivity index (χ3n) is 3.94. The van der Waals surface area contributed by atoms with Gasteiger partial charge in [0.2, 0.25) is 0 Å². The van der Waals surface area contributed by atoms with Crippen LogP contribution >= 0.6 is 0 Å². The van der Waals surface area contributed by atoms with E-state index in [1.807, 2.05) is 35.3 Å². The minimum atomic E-state index is 0.726. The van der Waals surface area contributed by atoms with E-state index in [-0.39, 0.29) is 0 Å². The Hall–Kier alpha value is -3.25. The molecule has 0 unspecified atom stereocenters. The number of pyridine rings is 1.